The maximum absolute atomic E-state index is 12.2. The number of pyridine rings is 1. The van der Waals surface area contributed by atoms with Gasteiger partial charge in [-0.25, -0.2) is 4.98 Å². The Morgan fingerprint density at radius 1 is 0.958 bits per heavy atom. The molecule has 5 heteroatoms. The SMILES string of the molecule is COc1ccc(-c2nc3[nH][nH]c(=O)c3c3c2CCCCCC3)cc1. The Bertz CT molecular complexity index is 922. The predicted octanol–water partition coefficient (Wildman–Crippen LogP) is 3.59. The van der Waals surface area contributed by atoms with Crippen molar-refractivity contribution < 1.29 is 4.74 Å². The average molecular weight is 323 g/mol. The van der Waals surface area contributed by atoms with Gasteiger partial charge in [-0.1, -0.05) is 12.8 Å². The third-order valence-corrected chi connectivity index (χ3v) is 4.90. The second kappa shape index (κ2) is 6.15. The number of hydrogen-bond donors (Lipinski definition) is 2. The molecule has 124 valence electrons. The van der Waals surface area contributed by atoms with Crippen LogP contribution in [0.2, 0.25) is 0 Å². The van der Waals surface area contributed by atoms with Crippen LogP contribution in [0.15, 0.2) is 29.1 Å². The molecule has 0 amide bonds. The highest BCUT2D eigenvalue weighted by molar-refractivity contribution is 5.84. The number of H-pyrrole nitrogens is 2. The number of nitrogens with zero attached hydrogens (tertiary/aromatic N) is 1. The summed E-state index contributed by atoms with van der Waals surface area (Å²) in [6, 6.07) is 7.99. The van der Waals surface area contributed by atoms with Crippen LogP contribution in [-0.4, -0.2) is 22.3 Å². The Balaban J connectivity index is 1.96. The minimum absolute atomic E-state index is 0.0596. The first-order chi connectivity index (χ1) is 11.8. The van der Waals surface area contributed by atoms with E-state index in [2.05, 4.69) is 10.2 Å². The highest BCUT2D eigenvalue weighted by Gasteiger charge is 2.20. The van der Waals surface area contributed by atoms with Gasteiger partial charge < -0.3 is 4.74 Å². The number of ether oxygens (including phenoxy) is 1. The monoisotopic (exact) mass is 323 g/mol. The van der Waals surface area contributed by atoms with Crippen LogP contribution in [0.5, 0.6) is 5.75 Å². The van der Waals surface area contributed by atoms with Gasteiger partial charge in [-0.3, -0.25) is 15.0 Å². The maximum atomic E-state index is 12.2. The van der Waals surface area contributed by atoms with Crippen molar-refractivity contribution in [2.75, 3.05) is 7.11 Å². The third-order valence-electron chi connectivity index (χ3n) is 4.90. The number of fused-ring (bicyclic) bond motifs is 3. The molecule has 0 atom stereocenters. The first kappa shape index (κ1) is 15.0. The van der Waals surface area contributed by atoms with E-state index in [0.717, 1.165) is 48.1 Å². The minimum atomic E-state index is -0.0596. The van der Waals surface area contributed by atoms with Gasteiger partial charge >= 0.3 is 0 Å². The second-order valence-corrected chi connectivity index (χ2v) is 6.36. The van der Waals surface area contributed by atoms with Crippen LogP contribution in [0.25, 0.3) is 22.3 Å². The Kier molecular flexibility index (Phi) is 3.84. The molecule has 0 spiro atoms. The van der Waals surface area contributed by atoms with Gasteiger partial charge in [0.2, 0.25) is 0 Å². The third kappa shape index (κ3) is 2.50. The molecular formula is C19H21N3O2. The van der Waals surface area contributed by atoms with Crippen LogP contribution in [0, 0.1) is 0 Å². The van der Waals surface area contributed by atoms with Crippen molar-refractivity contribution in [2.24, 2.45) is 0 Å². The fraction of sp³-hybridized carbons (Fsp3) is 0.368. The van der Waals surface area contributed by atoms with Crippen molar-refractivity contribution in [2.45, 2.75) is 38.5 Å². The summed E-state index contributed by atoms with van der Waals surface area (Å²) >= 11 is 0. The van der Waals surface area contributed by atoms with E-state index in [0.29, 0.717) is 5.65 Å². The molecule has 0 saturated carbocycles. The van der Waals surface area contributed by atoms with E-state index in [1.165, 1.54) is 24.0 Å². The van der Waals surface area contributed by atoms with Crippen molar-refractivity contribution in [1.82, 2.24) is 15.2 Å². The lowest BCUT2D eigenvalue weighted by Crippen LogP contribution is -2.09. The summed E-state index contributed by atoms with van der Waals surface area (Å²) in [5.74, 6) is 0.831. The first-order valence-electron chi connectivity index (χ1n) is 8.54. The van der Waals surface area contributed by atoms with Crippen LogP contribution < -0.4 is 10.3 Å². The van der Waals surface area contributed by atoms with E-state index in [9.17, 15) is 4.79 Å². The molecular weight excluding hydrogens is 302 g/mol. The van der Waals surface area contributed by atoms with Gasteiger partial charge in [0.05, 0.1) is 18.2 Å². The molecule has 0 fully saturated rings. The zero-order chi connectivity index (χ0) is 16.5. The molecule has 5 nitrogen and oxygen atoms in total. The fourth-order valence-corrected chi connectivity index (χ4v) is 3.68. The van der Waals surface area contributed by atoms with Crippen LogP contribution in [0.4, 0.5) is 0 Å². The van der Waals surface area contributed by atoms with Crippen LogP contribution in [0.3, 0.4) is 0 Å². The van der Waals surface area contributed by atoms with Gasteiger partial charge in [0.15, 0.2) is 5.65 Å². The number of rotatable bonds is 2. The highest BCUT2D eigenvalue weighted by atomic mass is 16.5. The number of hydrogen-bond acceptors (Lipinski definition) is 3. The maximum Gasteiger partial charge on any atom is 0.273 e. The van der Waals surface area contributed by atoms with E-state index >= 15 is 0 Å². The lowest BCUT2D eigenvalue weighted by molar-refractivity contribution is 0.415. The Labute approximate surface area is 140 Å². The van der Waals surface area contributed by atoms with Crippen LogP contribution >= 0.6 is 0 Å². The molecule has 0 bridgehead atoms. The van der Waals surface area contributed by atoms with E-state index < -0.39 is 0 Å². The fourth-order valence-electron chi connectivity index (χ4n) is 3.68. The van der Waals surface area contributed by atoms with Gasteiger partial charge in [0.1, 0.15) is 5.75 Å². The summed E-state index contributed by atoms with van der Waals surface area (Å²) in [6.07, 6.45) is 6.65. The van der Waals surface area contributed by atoms with Crippen molar-refractivity contribution >= 4 is 11.0 Å². The summed E-state index contributed by atoms with van der Waals surface area (Å²) in [5.41, 5.74) is 5.06. The van der Waals surface area contributed by atoms with E-state index in [-0.39, 0.29) is 5.56 Å². The molecule has 2 aromatic heterocycles. The lowest BCUT2D eigenvalue weighted by atomic mass is 9.89. The normalized spacial score (nSPS) is 14.9. The zero-order valence-electron chi connectivity index (χ0n) is 13.8. The van der Waals surface area contributed by atoms with Crippen LogP contribution in [-0.2, 0) is 12.8 Å². The van der Waals surface area contributed by atoms with Gasteiger partial charge in [-0.05, 0) is 61.1 Å². The predicted molar refractivity (Wildman–Crippen MR) is 94.6 cm³/mol. The Morgan fingerprint density at radius 3 is 2.38 bits per heavy atom. The standard InChI is InChI=1S/C19H21N3O2/c1-24-13-10-8-12(9-11-13)17-15-7-5-3-2-4-6-14(15)16-18(20-17)21-22-19(16)23/h8-11H,2-7H2,1H3,(H2,20,21,22,23). The van der Waals surface area contributed by atoms with Crippen molar-refractivity contribution in [3.05, 3.63) is 45.7 Å². The molecule has 0 unspecified atom stereocenters. The van der Waals surface area contributed by atoms with E-state index in [1.807, 2.05) is 24.3 Å². The molecule has 0 radical (unpaired) electrons. The van der Waals surface area contributed by atoms with E-state index in [4.69, 9.17) is 9.72 Å². The largest absolute Gasteiger partial charge is 0.497 e. The molecule has 0 saturated heterocycles. The number of aromatic amines is 2. The molecule has 1 aliphatic rings. The molecule has 2 heterocycles. The summed E-state index contributed by atoms with van der Waals surface area (Å²) in [6.45, 7) is 0. The van der Waals surface area contributed by atoms with Crippen molar-refractivity contribution in [3.63, 3.8) is 0 Å². The van der Waals surface area contributed by atoms with Crippen molar-refractivity contribution in [3.8, 4) is 17.0 Å². The van der Waals surface area contributed by atoms with E-state index in [1.54, 1.807) is 7.11 Å². The van der Waals surface area contributed by atoms with Crippen molar-refractivity contribution in [1.29, 1.82) is 0 Å². The smallest absolute Gasteiger partial charge is 0.273 e. The first-order valence-corrected chi connectivity index (χ1v) is 8.54. The lowest BCUT2D eigenvalue weighted by Gasteiger charge is -2.18. The summed E-state index contributed by atoms with van der Waals surface area (Å²) in [4.78, 5) is 17.0. The van der Waals surface area contributed by atoms with Gasteiger partial charge in [-0.2, -0.15) is 0 Å². The summed E-state index contributed by atoms with van der Waals surface area (Å²) in [7, 11) is 1.67. The number of aryl methyl sites for hydroxylation is 1. The molecule has 1 aromatic carbocycles. The topological polar surface area (TPSA) is 70.8 Å². The number of methoxy groups -OCH3 is 1. The quantitative estimate of drug-likeness (QED) is 0.757. The van der Waals surface area contributed by atoms with Gasteiger partial charge in [0, 0.05) is 5.56 Å². The minimum Gasteiger partial charge on any atom is -0.497 e. The molecule has 2 N–H and O–H groups in total. The molecule has 4 rings (SSSR count). The molecule has 0 aliphatic heterocycles. The molecule has 3 aromatic rings. The Hall–Kier alpha value is -2.56. The second-order valence-electron chi connectivity index (χ2n) is 6.36. The molecule has 1 aliphatic carbocycles. The number of nitrogens with one attached hydrogen (secondary N) is 2. The van der Waals surface area contributed by atoms with Gasteiger partial charge in [-0.15, -0.1) is 0 Å². The molecule has 24 heavy (non-hydrogen) atoms. The number of aromatic nitrogens is 3. The zero-order valence-corrected chi connectivity index (χ0v) is 13.8. The van der Waals surface area contributed by atoms with Crippen LogP contribution in [0.1, 0.15) is 36.8 Å². The average Bonchev–Trinajstić information content (AvgIpc) is 2.95. The highest BCUT2D eigenvalue weighted by Crippen LogP contribution is 2.33. The summed E-state index contributed by atoms with van der Waals surface area (Å²) in [5, 5.41) is 6.37. The number of benzene rings is 1. The Morgan fingerprint density at radius 2 is 1.67 bits per heavy atom. The van der Waals surface area contributed by atoms with Gasteiger partial charge in [0.25, 0.3) is 5.56 Å². The summed E-state index contributed by atoms with van der Waals surface area (Å²) < 4.78 is 5.25.